The van der Waals surface area contributed by atoms with Crippen LogP contribution in [0.5, 0.6) is 0 Å². The minimum Gasteiger partial charge on any atom is -0.481 e. The molecule has 0 radical (unpaired) electrons. The maximum absolute atomic E-state index is 11.6. The molecule has 134 valence electrons. The number of piperidine rings is 2. The van der Waals surface area contributed by atoms with Gasteiger partial charge >= 0.3 is 5.97 Å². The Morgan fingerprint density at radius 3 is 2.04 bits per heavy atom. The fourth-order valence-electron chi connectivity index (χ4n) is 3.17. The standard InChI is InChI=1S/C10H17NO.C7H13NO2.ClH/c12-10(7-8-1-2-8)9-3-5-11-6-4-9;1-8-4-2-6(3-5-8)7(9)10;/h8-9,11H,1-7H2;6H,2-5H2,1H3,(H,9,10);1H. The largest absolute Gasteiger partial charge is 0.481 e. The third kappa shape index (κ3) is 7.64. The van der Waals surface area contributed by atoms with E-state index in [9.17, 15) is 9.59 Å². The summed E-state index contributed by atoms with van der Waals surface area (Å²) in [5.74, 6) is 0.988. The number of likely N-dealkylation sites (tertiary alicyclic amines) is 1. The van der Waals surface area contributed by atoms with Crippen molar-refractivity contribution < 1.29 is 14.7 Å². The summed E-state index contributed by atoms with van der Waals surface area (Å²) in [4.78, 5) is 24.2. The third-order valence-corrected chi connectivity index (χ3v) is 5.05. The molecule has 0 unspecified atom stereocenters. The van der Waals surface area contributed by atoms with Crippen LogP contribution >= 0.6 is 12.4 Å². The highest BCUT2D eigenvalue weighted by atomic mass is 35.5. The maximum Gasteiger partial charge on any atom is 0.306 e. The van der Waals surface area contributed by atoms with Gasteiger partial charge in [-0.2, -0.15) is 0 Å². The lowest BCUT2D eigenvalue weighted by Gasteiger charge is -2.25. The van der Waals surface area contributed by atoms with Gasteiger partial charge in [-0.3, -0.25) is 9.59 Å². The number of aliphatic carboxylic acids is 1. The van der Waals surface area contributed by atoms with Crippen molar-refractivity contribution in [1.29, 1.82) is 0 Å². The summed E-state index contributed by atoms with van der Waals surface area (Å²) in [5.41, 5.74) is 0. The number of nitrogens with zero attached hydrogens (tertiary/aromatic N) is 1. The maximum atomic E-state index is 11.6. The van der Waals surface area contributed by atoms with Crippen LogP contribution in [-0.2, 0) is 9.59 Å². The minimum absolute atomic E-state index is 0. The van der Waals surface area contributed by atoms with E-state index in [0.29, 0.717) is 11.7 Å². The predicted molar refractivity (Wildman–Crippen MR) is 93.0 cm³/mol. The van der Waals surface area contributed by atoms with E-state index in [-0.39, 0.29) is 18.3 Å². The number of carboxylic acids is 1. The predicted octanol–water partition coefficient (Wildman–Crippen LogP) is 2.19. The van der Waals surface area contributed by atoms with Crippen LogP contribution in [-0.4, -0.2) is 55.0 Å². The highest BCUT2D eigenvalue weighted by Crippen LogP contribution is 2.34. The van der Waals surface area contributed by atoms with Crippen LogP contribution in [0.2, 0.25) is 0 Å². The number of hydrogen-bond donors (Lipinski definition) is 2. The van der Waals surface area contributed by atoms with Crippen molar-refractivity contribution in [2.75, 3.05) is 33.2 Å². The first-order valence-corrected chi connectivity index (χ1v) is 8.71. The zero-order valence-corrected chi connectivity index (χ0v) is 14.9. The Kier molecular flexibility index (Phi) is 9.10. The lowest BCUT2D eigenvalue weighted by atomic mass is 9.91. The van der Waals surface area contributed by atoms with Crippen LogP contribution in [0.4, 0.5) is 0 Å². The summed E-state index contributed by atoms with van der Waals surface area (Å²) in [6.45, 7) is 3.94. The summed E-state index contributed by atoms with van der Waals surface area (Å²) < 4.78 is 0. The topological polar surface area (TPSA) is 69.6 Å². The zero-order chi connectivity index (χ0) is 15.9. The first kappa shape index (κ1) is 20.4. The number of rotatable bonds is 4. The number of ketones is 1. The molecule has 0 amide bonds. The molecular weight excluding hydrogens is 316 g/mol. The molecule has 0 spiro atoms. The average molecular weight is 347 g/mol. The molecule has 3 aliphatic rings. The number of nitrogens with one attached hydrogen (secondary N) is 1. The van der Waals surface area contributed by atoms with Crippen molar-refractivity contribution in [1.82, 2.24) is 10.2 Å². The second-order valence-corrected chi connectivity index (χ2v) is 7.05. The Hall–Kier alpha value is -0.650. The van der Waals surface area contributed by atoms with Crippen LogP contribution in [0.1, 0.15) is 44.9 Å². The number of carbonyl (C=O) groups is 2. The molecule has 2 aliphatic heterocycles. The molecule has 2 N–H and O–H groups in total. The van der Waals surface area contributed by atoms with Crippen molar-refractivity contribution in [3.63, 3.8) is 0 Å². The normalized spacial score (nSPS) is 23.3. The molecule has 0 aromatic rings. The van der Waals surface area contributed by atoms with Crippen molar-refractivity contribution in [3.8, 4) is 0 Å². The fourth-order valence-corrected chi connectivity index (χ4v) is 3.17. The van der Waals surface area contributed by atoms with Gasteiger partial charge in [-0.05, 0) is 77.7 Å². The smallest absolute Gasteiger partial charge is 0.306 e. The lowest BCUT2D eigenvalue weighted by Crippen LogP contribution is -2.33. The molecule has 3 fully saturated rings. The minimum atomic E-state index is -0.631. The van der Waals surface area contributed by atoms with E-state index in [1.54, 1.807) is 0 Å². The van der Waals surface area contributed by atoms with E-state index in [4.69, 9.17) is 5.11 Å². The van der Waals surface area contributed by atoms with Gasteiger partial charge in [0.2, 0.25) is 0 Å². The summed E-state index contributed by atoms with van der Waals surface area (Å²) in [7, 11) is 2.03. The molecule has 2 saturated heterocycles. The summed E-state index contributed by atoms with van der Waals surface area (Å²) in [5, 5.41) is 11.9. The van der Waals surface area contributed by atoms with Gasteiger partial charge in [0, 0.05) is 12.3 Å². The number of halogens is 1. The molecule has 1 aliphatic carbocycles. The zero-order valence-electron chi connectivity index (χ0n) is 14.1. The second kappa shape index (κ2) is 10.3. The molecule has 3 rings (SSSR count). The van der Waals surface area contributed by atoms with Crippen LogP contribution in [0.15, 0.2) is 0 Å². The van der Waals surface area contributed by atoms with Crippen molar-refractivity contribution in [2.24, 2.45) is 17.8 Å². The molecule has 0 aromatic heterocycles. The third-order valence-electron chi connectivity index (χ3n) is 5.05. The Bertz CT molecular complexity index is 374. The van der Waals surface area contributed by atoms with Gasteiger partial charge in [0.05, 0.1) is 5.92 Å². The van der Waals surface area contributed by atoms with Crippen molar-refractivity contribution in [3.05, 3.63) is 0 Å². The molecule has 2 heterocycles. The lowest BCUT2D eigenvalue weighted by molar-refractivity contribution is -0.143. The molecule has 5 nitrogen and oxygen atoms in total. The van der Waals surface area contributed by atoms with Gasteiger partial charge in [-0.15, -0.1) is 12.4 Å². The second-order valence-electron chi connectivity index (χ2n) is 7.05. The summed E-state index contributed by atoms with van der Waals surface area (Å²) >= 11 is 0. The molecule has 0 bridgehead atoms. The quantitative estimate of drug-likeness (QED) is 0.816. The first-order chi connectivity index (χ1) is 10.6. The number of hydrogen-bond acceptors (Lipinski definition) is 4. The Labute approximate surface area is 145 Å². The Balaban J connectivity index is 0.000000224. The summed E-state index contributed by atoms with van der Waals surface area (Å²) in [6, 6.07) is 0. The average Bonchev–Trinajstić information content (AvgIpc) is 3.33. The SMILES string of the molecule is CN1CCC(C(=O)O)CC1.Cl.O=C(CC1CC1)C1CCNCC1. The van der Waals surface area contributed by atoms with Gasteiger partial charge in [-0.1, -0.05) is 0 Å². The molecule has 23 heavy (non-hydrogen) atoms. The van der Waals surface area contributed by atoms with Gasteiger partial charge in [0.15, 0.2) is 0 Å². The monoisotopic (exact) mass is 346 g/mol. The van der Waals surface area contributed by atoms with Crippen LogP contribution in [0.25, 0.3) is 0 Å². The Morgan fingerprint density at radius 2 is 1.57 bits per heavy atom. The molecule has 0 aromatic carbocycles. The van der Waals surface area contributed by atoms with Crippen molar-refractivity contribution in [2.45, 2.75) is 44.9 Å². The van der Waals surface area contributed by atoms with Crippen molar-refractivity contribution >= 4 is 24.2 Å². The van der Waals surface area contributed by atoms with E-state index in [0.717, 1.165) is 64.2 Å². The van der Waals surface area contributed by atoms with Crippen LogP contribution in [0.3, 0.4) is 0 Å². The molecular formula is C17H31ClN2O3. The van der Waals surface area contributed by atoms with Crippen LogP contribution < -0.4 is 5.32 Å². The van der Waals surface area contributed by atoms with E-state index in [2.05, 4.69) is 10.2 Å². The van der Waals surface area contributed by atoms with Gasteiger partial charge in [0.25, 0.3) is 0 Å². The van der Waals surface area contributed by atoms with E-state index in [1.165, 1.54) is 12.8 Å². The number of carboxylic acid groups (broad SMARTS) is 1. The van der Waals surface area contributed by atoms with E-state index in [1.807, 2.05) is 7.05 Å². The number of carbonyl (C=O) groups excluding carboxylic acids is 1. The number of Topliss-reactive ketones (excluding diaryl/α,β-unsaturated/α-hetero) is 1. The van der Waals surface area contributed by atoms with Gasteiger partial charge in [-0.25, -0.2) is 0 Å². The summed E-state index contributed by atoms with van der Waals surface area (Å²) in [6.07, 6.45) is 7.26. The first-order valence-electron chi connectivity index (χ1n) is 8.71. The van der Waals surface area contributed by atoms with Crippen LogP contribution in [0, 0.1) is 17.8 Å². The molecule has 0 atom stereocenters. The highest BCUT2D eigenvalue weighted by Gasteiger charge is 2.28. The van der Waals surface area contributed by atoms with E-state index < -0.39 is 5.97 Å². The Morgan fingerprint density at radius 1 is 1.00 bits per heavy atom. The van der Waals surface area contributed by atoms with Gasteiger partial charge < -0.3 is 15.3 Å². The van der Waals surface area contributed by atoms with E-state index >= 15 is 0 Å². The molecule has 6 heteroatoms. The fraction of sp³-hybridized carbons (Fsp3) is 0.882. The molecule has 1 saturated carbocycles. The highest BCUT2D eigenvalue weighted by molar-refractivity contribution is 5.85. The van der Waals surface area contributed by atoms with Gasteiger partial charge in [0.1, 0.15) is 5.78 Å².